The average molecular weight is 437 g/mol. The van der Waals surface area contributed by atoms with E-state index in [1.54, 1.807) is 19.2 Å². The molecule has 7 heteroatoms. The molecule has 23 heavy (non-hydrogen) atoms. The van der Waals surface area contributed by atoms with Crippen LogP contribution in [0.2, 0.25) is 0 Å². The normalized spacial score (nSPS) is 10.9. The smallest absolute Gasteiger partial charge is 0.307 e. The molecule has 0 unspecified atom stereocenters. The highest BCUT2D eigenvalue weighted by Gasteiger charge is 2.06. The third kappa shape index (κ3) is 9.37. The summed E-state index contributed by atoms with van der Waals surface area (Å²) in [5.41, 5.74) is 0.658. The third-order valence-electron chi connectivity index (χ3n) is 2.86. The summed E-state index contributed by atoms with van der Waals surface area (Å²) in [5.74, 6) is 0.127. The second-order valence-corrected chi connectivity index (χ2v) is 5.06. The lowest BCUT2D eigenvalue weighted by Gasteiger charge is -2.12. The quantitative estimate of drug-likeness (QED) is 0.298. The van der Waals surface area contributed by atoms with E-state index in [1.807, 2.05) is 19.9 Å². The van der Waals surface area contributed by atoms with E-state index in [0.29, 0.717) is 31.0 Å². The van der Waals surface area contributed by atoms with E-state index in [0.717, 1.165) is 0 Å². The highest BCUT2D eigenvalue weighted by Crippen LogP contribution is 2.05. The zero-order chi connectivity index (χ0) is 16.4. The van der Waals surface area contributed by atoms with Gasteiger partial charge in [0.25, 0.3) is 0 Å². The first-order valence-electron chi connectivity index (χ1n) is 7.40. The number of esters is 1. The Morgan fingerprint density at radius 1 is 1.26 bits per heavy atom. The molecule has 0 aliphatic heterocycles. The zero-order valence-corrected chi connectivity index (χ0v) is 16.1. The number of halogens is 2. The van der Waals surface area contributed by atoms with E-state index in [4.69, 9.17) is 4.74 Å². The number of carbonyl (C=O) groups excluding carboxylic acids is 1. The summed E-state index contributed by atoms with van der Waals surface area (Å²) < 4.78 is 18.5. The minimum atomic E-state index is -0.246. The van der Waals surface area contributed by atoms with Crippen molar-refractivity contribution in [2.75, 3.05) is 20.1 Å². The fraction of sp³-hybridized carbons (Fsp3) is 0.500. The molecular weight excluding hydrogens is 412 g/mol. The summed E-state index contributed by atoms with van der Waals surface area (Å²) in [6.07, 6.45) is 0.723. The Bertz CT molecular complexity index is 510. The van der Waals surface area contributed by atoms with Crippen LogP contribution in [-0.2, 0) is 16.0 Å². The van der Waals surface area contributed by atoms with Gasteiger partial charge in [-0.2, -0.15) is 0 Å². The molecule has 0 bridgehead atoms. The van der Waals surface area contributed by atoms with Crippen LogP contribution in [0.3, 0.4) is 0 Å². The molecule has 0 radical (unpaired) electrons. The van der Waals surface area contributed by atoms with Gasteiger partial charge in [-0.15, -0.1) is 24.0 Å². The first kappa shape index (κ1) is 21.6. The molecule has 0 saturated heterocycles. The number of ether oxygens (including phenoxy) is 1. The van der Waals surface area contributed by atoms with Crippen LogP contribution in [0.5, 0.6) is 0 Å². The van der Waals surface area contributed by atoms with Crippen LogP contribution < -0.4 is 10.6 Å². The van der Waals surface area contributed by atoms with Crippen molar-refractivity contribution in [3.05, 3.63) is 35.6 Å². The summed E-state index contributed by atoms with van der Waals surface area (Å²) >= 11 is 0. The van der Waals surface area contributed by atoms with E-state index in [-0.39, 0.29) is 48.3 Å². The van der Waals surface area contributed by atoms with Crippen LogP contribution in [0.4, 0.5) is 4.39 Å². The summed E-state index contributed by atoms with van der Waals surface area (Å²) in [6.45, 7) is 4.62. The maximum atomic E-state index is 13.5. The van der Waals surface area contributed by atoms with Crippen LogP contribution in [-0.4, -0.2) is 38.2 Å². The van der Waals surface area contributed by atoms with Gasteiger partial charge in [-0.25, -0.2) is 4.39 Å². The molecule has 1 aromatic rings. The number of hydrogen-bond donors (Lipinski definition) is 2. The van der Waals surface area contributed by atoms with Gasteiger partial charge < -0.3 is 15.4 Å². The summed E-state index contributed by atoms with van der Waals surface area (Å²) in [4.78, 5) is 15.4. The lowest BCUT2D eigenvalue weighted by Crippen LogP contribution is -2.39. The van der Waals surface area contributed by atoms with Crippen LogP contribution in [0.25, 0.3) is 0 Å². The van der Waals surface area contributed by atoms with Gasteiger partial charge in [-0.1, -0.05) is 18.2 Å². The Kier molecular flexibility index (Phi) is 11.4. The summed E-state index contributed by atoms with van der Waals surface area (Å²) in [5, 5.41) is 6.10. The van der Waals surface area contributed by atoms with Crippen LogP contribution >= 0.6 is 24.0 Å². The standard InChI is InChI=1S/C16H24FN3O2.HI/c1-12(2)22-15(21)9-11-20-16(18-3)19-10-8-13-6-4-5-7-14(13)17;/h4-7,12H,8-11H2,1-3H3,(H2,18,19,20);1H. The second-order valence-electron chi connectivity index (χ2n) is 5.06. The van der Waals surface area contributed by atoms with Gasteiger partial charge in [0.15, 0.2) is 5.96 Å². The predicted molar refractivity (Wildman–Crippen MR) is 101 cm³/mol. The van der Waals surface area contributed by atoms with Gasteiger partial charge in [0.2, 0.25) is 0 Å². The van der Waals surface area contributed by atoms with Crippen LogP contribution in [0, 0.1) is 5.82 Å². The maximum Gasteiger partial charge on any atom is 0.307 e. The summed E-state index contributed by atoms with van der Waals surface area (Å²) in [7, 11) is 1.64. The number of guanidine groups is 1. The maximum absolute atomic E-state index is 13.5. The molecule has 0 heterocycles. The van der Waals surface area contributed by atoms with Gasteiger partial charge in [0.05, 0.1) is 12.5 Å². The largest absolute Gasteiger partial charge is 0.463 e. The lowest BCUT2D eigenvalue weighted by molar-refractivity contribution is -0.147. The Morgan fingerprint density at radius 3 is 2.52 bits per heavy atom. The molecule has 0 aliphatic rings. The molecule has 1 aromatic carbocycles. The van der Waals surface area contributed by atoms with Gasteiger partial charge >= 0.3 is 5.97 Å². The van der Waals surface area contributed by atoms with Gasteiger partial charge in [0.1, 0.15) is 5.82 Å². The monoisotopic (exact) mass is 437 g/mol. The molecule has 0 saturated carbocycles. The van der Waals surface area contributed by atoms with Crippen molar-refractivity contribution in [2.24, 2.45) is 4.99 Å². The number of rotatable bonds is 7. The number of aliphatic imine (C=N–C) groups is 1. The van der Waals surface area contributed by atoms with Gasteiger partial charge in [-0.3, -0.25) is 9.79 Å². The van der Waals surface area contributed by atoms with E-state index in [1.165, 1.54) is 6.07 Å². The molecule has 0 aromatic heterocycles. The van der Waals surface area contributed by atoms with E-state index < -0.39 is 0 Å². The van der Waals surface area contributed by atoms with Crippen LogP contribution in [0.15, 0.2) is 29.3 Å². The summed E-state index contributed by atoms with van der Waals surface area (Å²) in [6, 6.07) is 6.69. The Hall–Kier alpha value is -1.38. The highest BCUT2D eigenvalue weighted by atomic mass is 127. The number of carbonyl (C=O) groups is 1. The first-order valence-corrected chi connectivity index (χ1v) is 7.40. The minimum Gasteiger partial charge on any atom is -0.463 e. The molecule has 130 valence electrons. The molecule has 1 rings (SSSR count). The van der Waals surface area contributed by atoms with Crippen molar-refractivity contribution < 1.29 is 13.9 Å². The van der Waals surface area contributed by atoms with Gasteiger partial charge in [0, 0.05) is 20.1 Å². The molecule has 0 atom stereocenters. The van der Waals surface area contributed by atoms with Crippen LogP contribution in [0.1, 0.15) is 25.8 Å². The van der Waals surface area contributed by atoms with Crippen molar-refractivity contribution in [3.8, 4) is 0 Å². The zero-order valence-electron chi connectivity index (χ0n) is 13.8. The molecule has 0 amide bonds. The number of hydrogen-bond acceptors (Lipinski definition) is 3. The van der Waals surface area contributed by atoms with E-state index >= 15 is 0 Å². The second kappa shape index (κ2) is 12.1. The molecule has 0 aliphatic carbocycles. The average Bonchev–Trinajstić information content (AvgIpc) is 2.46. The van der Waals surface area contributed by atoms with Crippen molar-refractivity contribution in [2.45, 2.75) is 32.8 Å². The first-order chi connectivity index (χ1) is 10.5. The Labute approximate surface area is 154 Å². The Morgan fingerprint density at radius 2 is 1.91 bits per heavy atom. The van der Waals surface area contributed by atoms with E-state index in [9.17, 15) is 9.18 Å². The number of benzene rings is 1. The predicted octanol–water partition coefficient (Wildman–Crippen LogP) is 2.49. The molecular formula is C16H25FIN3O2. The molecule has 5 nitrogen and oxygen atoms in total. The third-order valence-corrected chi connectivity index (χ3v) is 2.86. The molecule has 0 spiro atoms. The fourth-order valence-corrected chi connectivity index (χ4v) is 1.84. The fourth-order valence-electron chi connectivity index (χ4n) is 1.84. The van der Waals surface area contributed by atoms with Crippen molar-refractivity contribution in [1.82, 2.24) is 10.6 Å². The van der Waals surface area contributed by atoms with Crippen molar-refractivity contribution in [3.63, 3.8) is 0 Å². The molecule has 0 fully saturated rings. The molecule has 2 N–H and O–H groups in total. The number of nitrogens with zero attached hydrogens (tertiary/aromatic N) is 1. The lowest BCUT2D eigenvalue weighted by atomic mass is 10.1. The minimum absolute atomic E-state index is 0. The van der Waals surface area contributed by atoms with Crippen molar-refractivity contribution in [1.29, 1.82) is 0 Å². The topological polar surface area (TPSA) is 62.7 Å². The Balaban J connectivity index is 0.00000484. The SMILES string of the molecule is CN=C(NCCC(=O)OC(C)C)NCCc1ccccc1F.I. The van der Waals surface area contributed by atoms with E-state index in [2.05, 4.69) is 15.6 Å². The highest BCUT2D eigenvalue weighted by molar-refractivity contribution is 14.0. The number of nitrogens with one attached hydrogen (secondary N) is 2. The van der Waals surface area contributed by atoms with Crippen molar-refractivity contribution >= 4 is 35.9 Å². The van der Waals surface area contributed by atoms with Gasteiger partial charge in [-0.05, 0) is 31.9 Å².